The van der Waals surface area contributed by atoms with Gasteiger partial charge in [0.15, 0.2) is 10.8 Å². The highest BCUT2D eigenvalue weighted by molar-refractivity contribution is 7.98. The summed E-state index contributed by atoms with van der Waals surface area (Å²) in [6.45, 7) is 5.43. The highest BCUT2D eigenvalue weighted by Crippen LogP contribution is 2.29. The molecule has 7 nitrogen and oxygen atoms in total. The first-order valence-electron chi connectivity index (χ1n) is 9.66. The van der Waals surface area contributed by atoms with E-state index in [4.69, 9.17) is 0 Å². The molecule has 11 heteroatoms. The molecule has 0 spiro atoms. The van der Waals surface area contributed by atoms with E-state index in [2.05, 4.69) is 39.5 Å². The molecule has 3 aromatic rings. The van der Waals surface area contributed by atoms with Gasteiger partial charge >= 0.3 is 6.18 Å². The molecule has 0 atom stereocenters. The first-order valence-corrected chi connectivity index (χ1v) is 10.9. The van der Waals surface area contributed by atoms with Gasteiger partial charge in [-0.25, -0.2) is 14.6 Å². The Bertz CT molecular complexity index is 1070. The van der Waals surface area contributed by atoms with E-state index in [1.165, 1.54) is 23.9 Å². The molecule has 0 unspecified atom stereocenters. The first-order chi connectivity index (χ1) is 14.7. The van der Waals surface area contributed by atoms with Crippen molar-refractivity contribution >= 4 is 34.5 Å². The average molecular weight is 453 g/mol. The Morgan fingerprint density at radius 1 is 1.26 bits per heavy atom. The van der Waals surface area contributed by atoms with Crippen LogP contribution in [-0.2, 0) is 12.7 Å². The van der Waals surface area contributed by atoms with Crippen molar-refractivity contribution in [3.8, 4) is 0 Å². The van der Waals surface area contributed by atoms with Gasteiger partial charge in [0.25, 0.3) is 5.91 Å². The van der Waals surface area contributed by atoms with Gasteiger partial charge in [0.05, 0.1) is 23.7 Å². The molecule has 0 saturated carbocycles. The van der Waals surface area contributed by atoms with Gasteiger partial charge in [-0.2, -0.15) is 18.3 Å². The number of amides is 1. The van der Waals surface area contributed by atoms with Gasteiger partial charge in [-0.3, -0.25) is 4.79 Å². The van der Waals surface area contributed by atoms with Crippen molar-refractivity contribution in [1.82, 2.24) is 25.1 Å². The first kappa shape index (κ1) is 22.9. The van der Waals surface area contributed by atoms with Crippen molar-refractivity contribution in [1.29, 1.82) is 0 Å². The minimum Gasteiger partial charge on any atom is -0.369 e. The molecule has 0 radical (unpaired) electrons. The second kappa shape index (κ2) is 9.54. The maximum Gasteiger partial charge on any atom is 0.416 e. The van der Waals surface area contributed by atoms with Crippen LogP contribution in [0.3, 0.4) is 0 Å². The van der Waals surface area contributed by atoms with Crippen LogP contribution in [0.1, 0.15) is 29.8 Å². The molecule has 1 aromatic carbocycles. The Labute approximate surface area is 181 Å². The van der Waals surface area contributed by atoms with Gasteiger partial charge < -0.3 is 10.6 Å². The molecule has 2 heterocycles. The van der Waals surface area contributed by atoms with Crippen molar-refractivity contribution in [3.05, 3.63) is 41.6 Å². The molecule has 31 heavy (non-hydrogen) atoms. The normalized spacial score (nSPS) is 11.8. The third kappa shape index (κ3) is 5.66. The molecule has 0 aliphatic heterocycles. The van der Waals surface area contributed by atoms with Crippen LogP contribution in [0.4, 0.5) is 19.0 Å². The standard InChI is InChI=1S/C20H23F3N6OS/c1-12(2)10-25-16-15-11-26-29(17(15)28-19(27-16)31-3)8-7-24-18(30)13-5-4-6-14(9-13)20(21,22)23/h4-6,9,11-12H,7-8,10H2,1-3H3,(H,24,30)(H,25,27,28). The zero-order valence-corrected chi connectivity index (χ0v) is 18.1. The fourth-order valence-corrected chi connectivity index (χ4v) is 3.20. The molecule has 0 aliphatic carbocycles. The van der Waals surface area contributed by atoms with Gasteiger partial charge in [0.2, 0.25) is 0 Å². The van der Waals surface area contributed by atoms with Crippen LogP contribution in [0.5, 0.6) is 0 Å². The second-order valence-electron chi connectivity index (χ2n) is 7.27. The summed E-state index contributed by atoms with van der Waals surface area (Å²) >= 11 is 1.41. The van der Waals surface area contributed by atoms with Crippen LogP contribution >= 0.6 is 11.8 Å². The number of carbonyl (C=O) groups is 1. The van der Waals surface area contributed by atoms with Gasteiger partial charge in [-0.1, -0.05) is 31.7 Å². The third-order valence-electron chi connectivity index (χ3n) is 4.40. The van der Waals surface area contributed by atoms with Crippen molar-refractivity contribution in [2.24, 2.45) is 5.92 Å². The van der Waals surface area contributed by atoms with Crippen molar-refractivity contribution in [2.45, 2.75) is 31.7 Å². The van der Waals surface area contributed by atoms with Crippen LogP contribution in [0.15, 0.2) is 35.6 Å². The molecule has 0 fully saturated rings. The van der Waals surface area contributed by atoms with Gasteiger partial charge in [-0.05, 0) is 30.4 Å². The molecule has 3 rings (SSSR count). The smallest absolute Gasteiger partial charge is 0.369 e. The number of benzene rings is 1. The number of fused-ring (bicyclic) bond motifs is 1. The molecule has 0 bridgehead atoms. The monoisotopic (exact) mass is 452 g/mol. The van der Waals surface area contributed by atoms with Crippen molar-refractivity contribution < 1.29 is 18.0 Å². The third-order valence-corrected chi connectivity index (χ3v) is 4.95. The zero-order valence-electron chi connectivity index (χ0n) is 17.3. The Morgan fingerprint density at radius 2 is 2.03 bits per heavy atom. The van der Waals surface area contributed by atoms with E-state index >= 15 is 0 Å². The van der Waals surface area contributed by atoms with E-state index in [0.717, 1.165) is 24.1 Å². The number of halogens is 3. The zero-order chi connectivity index (χ0) is 22.6. The van der Waals surface area contributed by atoms with Crippen LogP contribution in [0.25, 0.3) is 11.0 Å². The van der Waals surface area contributed by atoms with E-state index in [1.54, 1.807) is 10.9 Å². The number of hydrogen-bond acceptors (Lipinski definition) is 6. The highest BCUT2D eigenvalue weighted by Gasteiger charge is 2.30. The molecular formula is C20H23F3N6OS. The molecule has 166 valence electrons. The number of thioether (sulfide) groups is 1. The van der Waals surface area contributed by atoms with E-state index < -0.39 is 17.6 Å². The summed E-state index contributed by atoms with van der Waals surface area (Å²) in [5, 5.41) is 11.6. The summed E-state index contributed by atoms with van der Waals surface area (Å²) in [7, 11) is 0. The van der Waals surface area contributed by atoms with Crippen LogP contribution in [0.2, 0.25) is 0 Å². The number of rotatable bonds is 8. The largest absolute Gasteiger partial charge is 0.416 e. The minimum atomic E-state index is -4.50. The van der Waals surface area contributed by atoms with Crippen LogP contribution in [-0.4, -0.2) is 45.0 Å². The highest BCUT2D eigenvalue weighted by atomic mass is 32.2. The topological polar surface area (TPSA) is 84.7 Å². The number of nitrogens with one attached hydrogen (secondary N) is 2. The number of alkyl halides is 3. The summed E-state index contributed by atoms with van der Waals surface area (Å²) in [6.07, 6.45) is -0.958. The van der Waals surface area contributed by atoms with Gasteiger partial charge in [0, 0.05) is 18.7 Å². The number of aromatic nitrogens is 4. The number of anilines is 1. The van der Waals surface area contributed by atoms with Crippen LogP contribution in [0, 0.1) is 5.92 Å². The average Bonchev–Trinajstić information content (AvgIpc) is 3.14. The molecule has 2 N–H and O–H groups in total. The lowest BCUT2D eigenvalue weighted by Gasteiger charge is -2.11. The number of carbonyl (C=O) groups excluding carboxylic acids is 1. The van der Waals surface area contributed by atoms with Crippen LogP contribution < -0.4 is 10.6 Å². The Balaban J connectivity index is 1.71. The van der Waals surface area contributed by atoms with Crippen molar-refractivity contribution in [2.75, 3.05) is 24.7 Å². The van der Waals surface area contributed by atoms with Gasteiger partial charge in [-0.15, -0.1) is 0 Å². The number of hydrogen-bond donors (Lipinski definition) is 2. The molecule has 0 saturated heterocycles. The Morgan fingerprint density at radius 3 is 2.71 bits per heavy atom. The summed E-state index contributed by atoms with van der Waals surface area (Å²) in [5.74, 6) is 0.549. The molecule has 1 amide bonds. The van der Waals surface area contributed by atoms with Crippen molar-refractivity contribution in [3.63, 3.8) is 0 Å². The second-order valence-corrected chi connectivity index (χ2v) is 8.05. The lowest BCUT2D eigenvalue weighted by Crippen LogP contribution is -2.27. The summed E-state index contributed by atoms with van der Waals surface area (Å²) in [6, 6.07) is 4.33. The lowest BCUT2D eigenvalue weighted by molar-refractivity contribution is -0.137. The Hall–Kier alpha value is -2.82. The summed E-state index contributed by atoms with van der Waals surface area (Å²) in [5.41, 5.74) is -0.285. The summed E-state index contributed by atoms with van der Waals surface area (Å²) < 4.78 is 40.2. The fourth-order valence-electron chi connectivity index (χ4n) is 2.84. The molecule has 0 aliphatic rings. The van der Waals surface area contributed by atoms with E-state index in [1.807, 2.05) is 6.26 Å². The predicted molar refractivity (Wildman–Crippen MR) is 114 cm³/mol. The maximum absolute atomic E-state index is 12.8. The fraction of sp³-hybridized carbons (Fsp3) is 0.400. The SMILES string of the molecule is CSc1nc(NCC(C)C)c2cnn(CCNC(=O)c3cccc(C(F)(F)F)c3)c2n1. The predicted octanol–water partition coefficient (Wildman–Crippen LogP) is 4.06. The minimum absolute atomic E-state index is 0.0488. The number of nitrogens with zero attached hydrogens (tertiary/aromatic N) is 4. The van der Waals surface area contributed by atoms with E-state index in [-0.39, 0.29) is 12.1 Å². The molecule has 2 aromatic heterocycles. The maximum atomic E-state index is 12.8. The van der Waals surface area contributed by atoms with Gasteiger partial charge in [0.1, 0.15) is 5.82 Å². The molecular weight excluding hydrogens is 429 g/mol. The summed E-state index contributed by atoms with van der Waals surface area (Å²) in [4.78, 5) is 21.3. The Kier molecular flexibility index (Phi) is 7.04. The van der Waals surface area contributed by atoms with E-state index in [9.17, 15) is 18.0 Å². The van der Waals surface area contributed by atoms with E-state index in [0.29, 0.717) is 29.1 Å². The lowest BCUT2D eigenvalue weighted by atomic mass is 10.1. The quantitative estimate of drug-likeness (QED) is 0.396.